The van der Waals surface area contributed by atoms with E-state index in [1.165, 1.54) is 19.3 Å². The van der Waals surface area contributed by atoms with Gasteiger partial charge in [-0.3, -0.25) is 0 Å². The highest BCUT2D eigenvalue weighted by Crippen LogP contribution is 2.35. The molecule has 1 aliphatic carbocycles. The second-order valence-electron chi connectivity index (χ2n) is 6.02. The summed E-state index contributed by atoms with van der Waals surface area (Å²) in [7, 11) is 0. The topological polar surface area (TPSA) is 61.7 Å². The van der Waals surface area contributed by atoms with Crippen LogP contribution in [0, 0.1) is 5.41 Å². The van der Waals surface area contributed by atoms with E-state index in [1.54, 1.807) is 6.07 Å². The molecule has 1 fully saturated rings. The summed E-state index contributed by atoms with van der Waals surface area (Å²) in [5, 5.41) is 23.3. The predicted molar refractivity (Wildman–Crippen MR) is 83.6 cm³/mol. The van der Waals surface area contributed by atoms with Gasteiger partial charge in [0, 0.05) is 30.7 Å². The predicted octanol–water partition coefficient (Wildman–Crippen LogP) is 2.82. The number of phenols is 1. The molecule has 0 aromatic heterocycles. The van der Waals surface area contributed by atoms with Crippen LogP contribution >= 0.6 is 0 Å². The first-order valence-corrected chi connectivity index (χ1v) is 7.96. The molecule has 0 radical (unpaired) electrons. The molecule has 0 amide bonds. The highest BCUT2D eigenvalue weighted by molar-refractivity contribution is 5.45. The summed E-state index contributed by atoms with van der Waals surface area (Å²) in [5.41, 5.74) is 0.857. The molecule has 4 heteroatoms. The molecule has 0 spiro atoms. The van der Waals surface area contributed by atoms with Crippen LogP contribution in [-0.4, -0.2) is 30.0 Å². The van der Waals surface area contributed by atoms with E-state index in [4.69, 9.17) is 4.74 Å². The molecular formula is C17H27NO3. The zero-order valence-electron chi connectivity index (χ0n) is 12.9. The molecule has 3 N–H and O–H groups in total. The second-order valence-corrected chi connectivity index (χ2v) is 6.02. The van der Waals surface area contributed by atoms with Crippen molar-refractivity contribution in [1.82, 2.24) is 5.32 Å². The number of aliphatic hydroxyl groups is 1. The first kappa shape index (κ1) is 16.1. The lowest BCUT2D eigenvalue weighted by atomic mass is 9.74. The number of benzene rings is 1. The fourth-order valence-electron chi connectivity index (χ4n) is 3.14. The zero-order chi connectivity index (χ0) is 15.1. The van der Waals surface area contributed by atoms with Gasteiger partial charge in [-0.25, -0.2) is 0 Å². The number of ether oxygens (including phenoxy) is 1. The van der Waals surface area contributed by atoms with Gasteiger partial charge in [-0.05, 0) is 25.8 Å². The number of aliphatic hydroxyl groups excluding tert-OH is 1. The van der Waals surface area contributed by atoms with Crippen molar-refractivity contribution in [1.29, 1.82) is 0 Å². The lowest BCUT2D eigenvalue weighted by Crippen LogP contribution is -2.38. The maximum atomic E-state index is 10.2. The van der Waals surface area contributed by atoms with Gasteiger partial charge in [-0.1, -0.05) is 31.4 Å². The molecule has 1 aromatic carbocycles. The number of nitrogens with one attached hydrogen (secondary N) is 1. The van der Waals surface area contributed by atoms with E-state index >= 15 is 0 Å². The summed E-state index contributed by atoms with van der Waals surface area (Å²) >= 11 is 0. The molecule has 21 heavy (non-hydrogen) atoms. The van der Waals surface area contributed by atoms with Gasteiger partial charge in [0.1, 0.15) is 0 Å². The third kappa shape index (κ3) is 4.11. The third-order valence-electron chi connectivity index (χ3n) is 4.45. The highest BCUT2D eigenvalue weighted by Gasteiger charge is 2.30. The van der Waals surface area contributed by atoms with Crippen LogP contribution < -0.4 is 10.1 Å². The number of aromatic hydroxyl groups is 1. The van der Waals surface area contributed by atoms with E-state index < -0.39 is 0 Å². The molecule has 1 aromatic rings. The monoisotopic (exact) mass is 293 g/mol. The number of rotatable bonds is 7. The van der Waals surface area contributed by atoms with E-state index in [2.05, 4.69) is 5.32 Å². The Balaban J connectivity index is 1.92. The minimum atomic E-state index is 0.0192. The Morgan fingerprint density at radius 1 is 1.24 bits per heavy atom. The minimum absolute atomic E-state index is 0.0192. The zero-order valence-corrected chi connectivity index (χ0v) is 12.9. The van der Waals surface area contributed by atoms with Crippen LogP contribution in [0.25, 0.3) is 0 Å². The SMILES string of the molecule is CCOc1cccc(CNCC2(CO)CCCCC2)c1O. The maximum Gasteiger partial charge on any atom is 0.162 e. The number of hydrogen-bond donors (Lipinski definition) is 3. The third-order valence-corrected chi connectivity index (χ3v) is 4.45. The maximum absolute atomic E-state index is 10.2. The van der Waals surface area contributed by atoms with Crippen molar-refractivity contribution < 1.29 is 14.9 Å². The number of hydrogen-bond acceptors (Lipinski definition) is 4. The van der Waals surface area contributed by atoms with Crippen molar-refractivity contribution >= 4 is 0 Å². The van der Waals surface area contributed by atoms with Crippen LogP contribution in [0.15, 0.2) is 18.2 Å². The molecule has 0 unspecified atom stereocenters. The van der Waals surface area contributed by atoms with E-state index in [1.807, 2.05) is 19.1 Å². The molecule has 1 aliphatic rings. The Kier molecular flexibility index (Phi) is 5.88. The van der Waals surface area contributed by atoms with Gasteiger partial charge in [0.15, 0.2) is 11.5 Å². The summed E-state index contributed by atoms with van der Waals surface area (Å²) in [4.78, 5) is 0. The second kappa shape index (κ2) is 7.66. The van der Waals surface area contributed by atoms with Gasteiger partial charge < -0.3 is 20.3 Å². The molecule has 0 atom stereocenters. The van der Waals surface area contributed by atoms with Crippen LogP contribution in [0.2, 0.25) is 0 Å². The average Bonchev–Trinajstić information content (AvgIpc) is 2.52. The van der Waals surface area contributed by atoms with Crippen LogP contribution in [0.5, 0.6) is 11.5 Å². The van der Waals surface area contributed by atoms with Gasteiger partial charge in [0.05, 0.1) is 6.61 Å². The Labute approximate surface area is 127 Å². The standard InChI is InChI=1S/C17H27NO3/c1-2-21-15-8-6-7-14(16(15)20)11-18-12-17(13-19)9-4-3-5-10-17/h6-8,18-20H,2-5,9-13H2,1H3. The molecule has 0 saturated heterocycles. The minimum Gasteiger partial charge on any atom is -0.504 e. The Morgan fingerprint density at radius 2 is 2.00 bits per heavy atom. The summed E-state index contributed by atoms with van der Waals surface area (Å²) in [6, 6.07) is 5.57. The summed E-state index contributed by atoms with van der Waals surface area (Å²) in [6.07, 6.45) is 5.85. The normalized spacial score (nSPS) is 17.6. The summed E-state index contributed by atoms with van der Waals surface area (Å²) in [5.74, 6) is 0.750. The molecule has 118 valence electrons. The van der Waals surface area contributed by atoms with Crippen molar-refractivity contribution in [3.63, 3.8) is 0 Å². The Morgan fingerprint density at radius 3 is 2.67 bits per heavy atom. The average molecular weight is 293 g/mol. The van der Waals surface area contributed by atoms with Gasteiger partial charge in [-0.2, -0.15) is 0 Å². The van der Waals surface area contributed by atoms with Crippen LogP contribution in [0.1, 0.15) is 44.6 Å². The Hall–Kier alpha value is -1.26. The molecule has 0 bridgehead atoms. The van der Waals surface area contributed by atoms with Crippen molar-refractivity contribution in [2.24, 2.45) is 5.41 Å². The quantitative estimate of drug-likeness (QED) is 0.723. The number of para-hydroxylation sites is 1. The van der Waals surface area contributed by atoms with E-state index in [9.17, 15) is 10.2 Å². The van der Waals surface area contributed by atoms with Crippen molar-refractivity contribution in [2.75, 3.05) is 19.8 Å². The van der Waals surface area contributed by atoms with Crippen LogP contribution in [0.3, 0.4) is 0 Å². The first-order valence-electron chi connectivity index (χ1n) is 7.96. The van der Waals surface area contributed by atoms with E-state index in [0.717, 1.165) is 24.9 Å². The van der Waals surface area contributed by atoms with Crippen LogP contribution in [-0.2, 0) is 6.54 Å². The molecule has 4 nitrogen and oxygen atoms in total. The molecule has 0 aliphatic heterocycles. The fraction of sp³-hybridized carbons (Fsp3) is 0.647. The largest absolute Gasteiger partial charge is 0.504 e. The van der Waals surface area contributed by atoms with Gasteiger partial charge in [-0.15, -0.1) is 0 Å². The molecule has 2 rings (SSSR count). The summed E-state index contributed by atoms with van der Waals surface area (Å²) < 4.78 is 5.40. The Bertz CT molecular complexity index is 442. The van der Waals surface area contributed by atoms with Gasteiger partial charge >= 0.3 is 0 Å². The van der Waals surface area contributed by atoms with E-state index in [0.29, 0.717) is 18.9 Å². The first-order chi connectivity index (χ1) is 10.2. The van der Waals surface area contributed by atoms with Crippen molar-refractivity contribution in [3.8, 4) is 11.5 Å². The lowest BCUT2D eigenvalue weighted by Gasteiger charge is -2.35. The van der Waals surface area contributed by atoms with Crippen LogP contribution in [0.4, 0.5) is 0 Å². The van der Waals surface area contributed by atoms with E-state index in [-0.39, 0.29) is 17.8 Å². The summed E-state index contributed by atoms with van der Waals surface area (Å²) in [6.45, 7) is 4.07. The molecule has 0 heterocycles. The lowest BCUT2D eigenvalue weighted by molar-refractivity contribution is 0.0810. The smallest absolute Gasteiger partial charge is 0.162 e. The van der Waals surface area contributed by atoms with Gasteiger partial charge in [0.25, 0.3) is 0 Å². The molecular weight excluding hydrogens is 266 g/mol. The van der Waals surface area contributed by atoms with Gasteiger partial charge in [0.2, 0.25) is 0 Å². The fourth-order valence-corrected chi connectivity index (χ4v) is 3.14. The molecule has 1 saturated carbocycles. The van der Waals surface area contributed by atoms with Crippen molar-refractivity contribution in [2.45, 2.75) is 45.6 Å². The highest BCUT2D eigenvalue weighted by atomic mass is 16.5. The van der Waals surface area contributed by atoms with Crippen molar-refractivity contribution in [3.05, 3.63) is 23.8 Å². The number of phenolic OH excluding ortho intramolecular Hbond substituents is 1.